The number of rotatable bonds is 4. The zero-order valence-electron chi connectivity index (χ0n) is 8.89. The summed E-state index contributed by atoms with van der Waals surface area (Å²) in [7, 11) is 0. The molecule has 82 valence electrons. The number of amides is 1. The Hall–Kier alpha value is -0.240. The molecule has 0 radical (unpaired) electrons. The van der Waals surface area contributed by atoms with Gasteiger partial charge in [-0.05, 0) is 18.3 Å². The molecule has 0 aromatic carbocycles. The summed E-state index contributed by atoms with van der Waals surface area (Å²) in [6, 6.07) is 0. The van der Waals surface area contributed by atoms with Crippen LogP contribution in [0.1, 0.15) is 39.0 Å². The van der Waals surface area contributed by atoms with E-state index in [0.29, 0.717) is 0 Å². The number of hydrogen-bond acceptors (Lipinski definition) is 1. The Balaban J connectivity index is 2.04. The van der Waals surface area contributed by atoms with Crippen molar-refractivity contribution in [1.82, 2.24) is 5.32 Å². The summed E-state index contributed by atoms with van der Waals surface area (Å²) in [5.74, 6) is 1.77. The minimum atomic E-state index is -0.0455. The van der Waals surface area contributed by atoms with Gasteiger partial charge in [-0.1, -0.05) is 32.6 Å². The molecular weight excluding hydrogens is 198 g/mol. The van der Waals surface area contributed by atoms with Crippen molar-refractivity contribution < 1.29 is 4.79 Å². The van der Waals surface area contributed by atoms with Crippen LogP contribution in [0.5, 0.6) is 0 Å². The van der Waals surface area contributed by atoms with Crippen LogP contribution >= 0.6 is 11.6 Å². The minimum Gasteiger partial charge on any atom is -0.355 e. The average molecular weight is 218 g/mol. The highest BCUT2D eigenvalue weighted by molar-refractivity contribution is 6.27. The molecule has 1 rings (SSSR count). The van der Waals surface area contributed by atoms with Crippen LogP contribution in [0, 0.1) is 11.8 Å². The molecule has 0 heterocycles. The lowest BCUT2D eigenvalue weighted by Gasteiger charge is -2.25. The van der Waals surface area contributed by atoms with Crippen molar-refractivity contribution in [3.05, 3.63) is 0 Å². The zero-order chi connectivity index (χ0) is 10.4. The van der Waals surface area contributed by atoms with Gasteiger partial charge in [-0.25, -0.2) is 0 Å². The summed E-state index contributed by atoms with van der Waals surface area (Å²) in [5, 5.41) is 2.82. The van der Waals surface area contributed by atoms with Crippen molar-refractivity contribution in [3.8, 4) is 0 Å². The van der Waals surface area contributed by atoms with E-state index in [0.717, 1.165) is 24.8 Å². The Labute approximate surface area is 91.4 Å². The SMILES string of the molecule is CC1CCC(CCNC(=O)CCl)CC1. The molecular formula is C11H20ClNO. The van der Waals surface area contributed by atoms with Crippen molar-refractivity contribution >= 4 is 17.5 Å². The number of nitrogens with one attached hydrogen (secondary N) is 1. The number of alkyl halides is 1. The highest BCUT2D eigenvalue weighted by Crippen LogP contribution is 2.29. The van der Waals surface area contributed by atoms with Gasteiger partial charge in [-0.3, -0.25) is 4.79 Å². The maximum absolute atomic E-state index is 10.9. The topological polar surface area (TPSA) is 29.1 Å². The van der Waals surface area contributed by atoms with Crippen LogP contribution in [-0.2, 0) is 4.79 Å². The van der Waals surface area contributed by atoms with E-state index in [1.807, 2.05) is 0 Å². The van der Waals surface area contributed by atoms with E-state index < -0.39 is 0 Å². The fraction of sp³-hybridized carbons (Fsp3) is 0.909. The Morgan fingerprint density at radius 1 is 1.36 bits per heavy atom. The lowest BCUT2D eigenvalue weighted by molar-refractivity contribution is -0.118. The van der Waals surface area contributed by atoms with Gasteiger partial charge in [0, 0.05) is 6.54 Å². The maximum atomic E-state index is 10.9. The molecule has 3 heteroatoms. The Bertz CT molecular complexity index is 176. The third kappa shape index (κ3) is 4.32. The van der Waals surface area contributed by atoms with Gasteiger partial charge in [0.05, 0.1) is 0 Å². The van der Waals surface area contributed by atoms with Gasteiger partial charge in [0.15, 0.2) is 0 Å². The van der Waals surface area contributed by atoms with Crippen molar-refractivity contribution in [1.29, 1.82) is 0 Å². The molecule has 0 aromatic heterocycles. The fourth-order valence-electron chi connectivity index (χ4n) is 2.08. The molecule has 1 aliphatic rings. The second-order valence-electron chi connectivity index (χ2n) is 4.40. The first-order valence-corrected chi connectivity index (χ1v) is 6.08. The largest absolute Gasteiger partial charge is 0.355 e. The molecule has 1 N–H and O–H groups in total. The molecule has 1 fully saturated rings. The predicted molar refractivity (Wildman–Crippen MR) is 59.5 cm³/mol. The van der Waals surface area contributed by atoms with E-state index in [-0.39, 0.29) is 11.8 Å². The normalized spacial score (nSPS) is 27.3. The summed E-state index contributed by atoms with van der Waals surface area (Å²) in [4.78, 5) is 10.9. The molecule has 2 nitrogen and oxygen atoms in total. The van der Waals surface area contributed by atoms with Crippen molar-refractivity contribution in [2.75, 3.05) is 12.4 Å². The molecule has 1 amide bonds. The number of carbonyl (C=O) groups excluding carboxylic acids is 1. The third-order valence-corrected chi connectivity index (χ3v) is 3.37. The van der Waals surface area contributed by atoms with Crippen LogP contribution in [0.4, 0.5) is 0 Å². The standard InChI is InChI=1S/C11H20ClNO/c1-9-2-4-10(5-3-9)6-7-13-11(14)8-12/h9-10H,2-8H2,1H3,(H,13,14). The quantitative estimate of drug-likeness (QED) is 0.721. The van der Waals surface area contributed by atoms with Gasteiger partial charge in [0.1, 0.15) is 5.88 Å². The Kier molecular flexibility index (Phi) is 5.31. The van der Waals surface area contributed by atoms with E-state index in [9.17, 15) is 4.79 Å². The highest BCUT2D eigenvalue weighted by atomic mass is 35.5. The third-order valence-electron chi connectivity index (χ3n) is 3.13. The molecule has 0 bridgehead atoms. The monoisotopic (exact) mass is 217 g/mol. The van der Waals surface area contributed by atoms with E-state index >= 15 is 0 Å². The smallest absolute Gasteiger partial charge is 0.234 e. The van der Waals surface area contributed by atoms with Gasteiger partial charge in [-0.2, -0.15) is 0 Å². The zero-order valence-corrected chi connectivity index (χ0v) is 9.65. The van der Waals surface area contributed by atoms with E-state index in [1.165, 1.54) is 25.7 Å². The van der Waals surface area contributed by atoms with Crippen molar-refractivity contribution in [3.63, 3.8) is 0 Å². The van der Waals surface area contributed by atoms with Crippen molar-refractivity contribution in [2.45, 2.75) is 39.0 Å². The highest BCUT2D eigenvalue weighted by Gasteiger charge is 2.17. The van der Waals surface area contributed by atoms with E-state index in [1.54, 1.807) is 0 Å². The van der Waals surface area contributed by atoms with Crippen LogP contribution in [0.25, 0.3) is 0 Å². The van der Waals surface area contributed by atoms with Gasteiger partial charge in [0.2, 0.25) is 5.91 Å². The van der Waals surface area contributed by atoms with E-state index in [4.69, 9.17) is 11.6 Å². The summed E-state index contributed by atoms with van der Waals surface area (Å²) >= 11 is 5.38. The van der Waals surface area contributed by atoms with E-state index in [2.05, 4.69) is 12.2 Å². The first-order valence-electron chi connectivity index (χ1n) is 5.55. The molecule has 1 aliphatic carbocycles. The van der Waals surface area contributed by atoms with Crippen LogP contribution in [-0.4, -0.2) is 18.3 Å². The number of halogens is 1. The minimum absolute atomic E-state index is 0.0455. The summed E-state index contributed by atoms with van der Waals surface area (Å²) in [6.07, 6.45) is 6.49. The van der Waals surface area contributed by atoms with Crippen LogP contribution in [0.3, 0.4) is 0 Å². The Morgan fingerprint density at radius 3 is 2.57 bits per heavy atom. The number of hydrogen-bond donors (Lipinski definition) is 1. The Morgan fingerprint density at radius 2 is 2.00 bits per heavy atom. The molecule has 0 atom stereocenters. The molecule has 1 saturated carbocycles. The summed E-state index contributed by atoms with van der Waals surface area (Å²) in [6.45, 7) is 3.12. The maximum Gasteiger partial charge on any atom is 0.234 e. The lowest BCUT2D eigenvalue weighted by atomic mass is 9.81. The van der Waals surface area contributed by atoms with Gasteiger partial charge < -0.3 is 5.32 Å². The first kappa shape index (κ1) is 11.8. The predicted octanol–water partition coefficient (Wildman–Crippen LogP) is 2.56. The van der Waals surface area contributed by atoms with Gasteiger partial charge in [-0.15, -0.1) is 11.6 Å². The van der Waals surface area contributed by atoms with Crippen LogP contribution in [0.2, 0.25) is 0 Å². The van der Waals surface area contributed by atoms with Crippen LogP contribution in [0.15, 0.2) is 0 Å². The molecule has 0 aliphatic heterocycles. The summed E-state index contributed by atoms with van der Waals surface area (Å²) in [5.41, 5.74) is 0. The molecule has 0 spiro atoms. The summed E-state index contributed by atoms with van der Waals surface area (Å²) < 4.78 is 0. The molecule has 0 unspecified atom stereocenters. The fourth-order valence-corrected chi connectivity index (χ4v) is 2.18. The van der Waals surface area contributed by atoms with Gasteiger partial charge in [0.25, 0.3) is 0 Å². The first-order chi connectivity index (χ1) is 6.72. The lowest BCUT2D eigenvalue weighted by Crippen LogP contribution is -2.27. The molecule has 14 heavy (non-hydrogen) atoms. The average Bonchev–Trinajstić information content (AvgIpc) is 2.21. The molecule has 0 saturated heterocycles. The second-order valence-corrected chi connectivity index (χ2v) is 4.67. The van der Waals surface area contributed by atoms with Gasteiger partial charge >= 0.3 is 0 Å². The number of carbonyl (C=O) groups is 1. The molecule has 0 aromatic rings. The second kappa shape index (κ2) is 6.28. The van der Waals surface area contributed by atoms with Crippen LogP contribution < -0.4 is 5.32 Å². The van der Waals surface area contributed by atoms with Crippen molar-refractivity contribution in [2.24, 2.45) is 11.8 Å².